The maximum atomic E-state index is 13.6. The zero-order valence-corrected chi connectivity index (χ0v) is 12.0. The van der Waals surface area contributed by atoms with Crippen LogP contribution in [0.15, 0.2) is 30.3 Å². The summed E-state index contributed by atoms with van der Waals surface area (Å²) in [5.41, 5.74) is 4.72. The van der Waals surface area contributed by atoms with Crippen LogP contribution in [0.1, 0.15) is 15.9 Å². The summed E-state index contributed by atoms with van der Waals surface area (Å²) in [4.78, 5) is 11.8. The average molecular weight is 332 g/mol. The van der Waals surface area contributed by atoms with Gasteiger partial charge in [-0.15, -0.1) is 0 Å². The van der Waals surface area contributed by atoms with Gasteiger partial charge in [0.1, 0.15) is 18.2 Å². The molecule has 0 atom stereocenters. The van der Waals surface area contributed by atoms with Gasteiger partial charge in [0.05, 0.1) is 21.3 Å². The normalized spacial score (nSPS) is 10.5. The van der Waals surface area contributed by atoms with E-state index in [9.17, 15) is 13.6 Å². The summed E-state index contributed by atoms with van der Waals surface area (Å²) in [5, 5.41) is 0.533. The molecule has 7 heteroatoms. The third-order valence-corrected chi connectivity index (χ3v) is 3.55. The summed E-state index contributed by atoms with van der Waals surface area (Å²) in [6.07, 6.45) is 0. The van der Waals surface area contributed by atoms with Crippen molar-refractivity contribution in [2.24, 2.45) is 0 Å². The molecule has 0 radical (unpaired) electrons. The minimum absolute atomic E-state index is 0.219. The molecule has 0 aromatic heterocycles. The number of benzene rings is 2. The summed E-state index contributed by atoms with van der Waals surface area (Å²) in [5.74, 6) is -2.89. The van der Waals surface area contributed by atoms with Crippen LogP contribution in [0.2, 0.25) is 10.0 Å². The summed E-state index contributed by atoms with van der Waals surface area (Å²) in [6.45, 7) is -0.219. The lowest BCUT2D eigenvalue weighted by Crippen LogP contribution is -2.09. The third kappa shape index (κ3) is 3.43. The highest BCUT2D eigenvalue weighted by molar-refractivity contribution is 6.42. The largest absolute Gasteiger partial charge is 0.457 e. The first-order valence-electron chi connectivity index (χ1n) is 5.74. The van der Waals surface area contributed by atoms with E-state index in [-0.39, 0.29) is 17.3 Å². The zero-order valence-electron chi connectivity index (χ0n) is 10.5. The van der Waals surface area contributed by atoms with Crippen molar-refractivity contribution >= 4 is 34.9 Å². The number of halogens is 4. The van der Waals surface area contributed by atoms with Crippen LogP contribution in [0, 0.1) is 11.6 Å². The fraction of sp³-hybridized carbons (Fsp3) is 0.0714. The molecular weight excluding hydrogens is 323 g/mol. The molecule has 0 aliphatic rings. The fourth-order valence-electron chi connectivity index (χ4n) is 1.60. The van der Waals surface area contributed by atoms with Crippen LogP contribution in [0.3, 0.4) is 0 Å². The first-order valence-corrected chi connectivity index (χ1v) is 6.50. The van der Waals surface area contributed by atoms with E-state index in [4.69, 9.17) is 33.7 Å². The van der Waals surface area contributed by atoms with Crippen LogP contribution in [-0.2, 0) is 11.3 Å². The van der Waals surface area contributed by atoms with E-state index >= 15 is 0 Å². The average Bonchev–Trinajstić information content (AvgIpc) is 2.44. The number of hydrogen-bond donors (Lipinski definition) is 1. The van der Waals surface area contributed by atoms with E-state index in [1.54, 1.807) is 18.2 Å². The number of carbonyl (C=O) groups is 1. The van der Waals surface area contributed by atoms with Gasteiger partial charge in [-0.3, -0.25) is 0 Å². The van der Waals surface area contributed by atoms with Crippen LogP contribution < -0.4 is 5.73 Å². The van der Waals surface area contributed by atoms with Gasteiger partial charge in [-0.1, -0.05) is 35.3 Å². The molecule has 0 aliphatic heterocycles. The Balaban J connectivity index is 2.16. The Morgan fingerprint density at radius 1 is 1.19 bits per heavy atom. The van der Waals surface area contributed by atoms with Crippen LogP contribution in [0.25, 0.3) is 0 Å². The second-order valence-electron chi connectivity index (χ2n) is 4.14. The van der Waals surface area contributed by atoms with Gasteiger partial charge >= 0.3 is 5.97 Å². The molecule has 0 amide bonds. The number of carbonyl (C=O) groups excluding carboxylic acids is 1. The van der Waals surface area contributed by atoms with Gasteiger partial charge in [0, 0.05) is 11.6 Å². The van der Waals surface area contributed by atoms with Gasteiger partial charge in [-0.05, 0) is 12.1 Å². The molecule has 3 nitrogen and oxygen atoms in total. The highest BCUT2D eigenvalue weighted by Crippen LogP contribution is 2.26. The van der Waals surface area contributed by atoms with Crippen LogP contribution in [-0.4, -0.2) is 5.97 Å². The molecule has 0 fully saturated rings. The minimum atomic E-state index is -1.03. The molecule has 21 heavy (non-hydrogen) atoms. The van der Waals surface area contributed by atoms with Crippen molar-refractivity contribution in [3.8, 4) is 0 Å². The molecule has 0 saturated carbocycles. The first kappa shape index (κ1) is 15.5. The number of esters is 1. The SMILES string of the molecule is Nc1cc(F)c(C(=O)OCc2cccc(Cl)c2Cl)cc1F. The Morgan fingerprint density at radius 3 is 2.62 bits per heavy atom. The second kappa shape index (κ2) is 6.28. The molecule has 2 N–H and O–H groups in total. The van der Waals surface area contributed by atoms with Gasteiger partial charge in [0.15, 0.2) is 0 Å². The molecule has 2 aromatic carbocycles. The number of nitrogens with two attached hydrogens (primary N) is 1. The van der Waals surface area contributed by atoms with Crippen LogP contribution in [0.5, 0.6) is 0 Å². The van der Waals surface area contributed by atoms with Gasteiger partial charge in [-0.25, -0.2) is 13.6 Å². The molecule has 2 aromatic rings. The van der Waals surface area contributed by atoms with Gasteiger partial charge in [0.25, 0.3) is 0 Å². The van der Waals surface area contributed by atoms with E-state index in [0.717, 1.165) is 6.07 Å². The maximum Gasteiger partial charge on any atom is 0.341 e. The van der Waals surface area contributed by atoms with E-state index in [1.165, 1.54) is 0 Å². The Morgan fingerprint density at radius 2 is 1.90 bits per heavy atom. The lowest BCUT2D eigenvalue weighted by molar-refractivity contribution is 0.0467. The Hall–Kier alpha value is -1.85. The number of hydrogen-bond acceptors (Lipinski definition) is 3. The highest BCUT2D eigenvalue weighted by atomic mass is 35.5. The Labute approximate surface area is 129 Å². The van der Waals surface area contributed by atoms with Crippen molar-refractivity contribution in [3.63, 3.8) is 0 Å². The van der Waals surface area contributed by atoms with Crippen molar-refractivity contribution in [1.82, 2.24) is 0 Å². The van der Waals surface area contributed by atoms with E-state index < -0.39 is 23.2 Å². The van der Waals surface area contributed by atoms with Crippen molar-refractivity contribution in [2.45, 2.75) is 6.61 Å². The van der Waals surface area contributed by atoms with Crippen LogP contribution in [0.4, 0.5) is 14.5 Å². The molecule has 0 unspecified atom stereocenters. The minimum Gasteiger partial charge on any atom is -0.457 e. The Bertz CT molecular complexity index is 708. The van der Waals surface area contributed by atoms with Gasteiger partial charge in [0.2, 0.25) is 0 Å². The summed E-state index contributed by atoms with van der Waals surface area (Å²) in [6, 6.07) is 6.21. The Kier molecular flexibility index (Phi) is 4.65. The lowest BCUT2D eigenvalue weighted by atomic mass is 10.2. The van der Waals surface area contributed by atoms with Crippen LogP contribution >= 0.6 is 23.2 Å². The summed E-state index contributed by atoms with van der Waals surface area (Å²) < 4.78 is 31.7. The molecule has 0 aliphatic carbocycles. The maximum absolute atomic E-state index is 13.6. The molecule has 0 heterocycles. The predicted molar refractivity (Wildman–Crippen MR) is 76.4 cm³/mol. The first-order chi connectivity index (χ1) is 9.90. The molecule has 0 bridgehead atoms. The monoisotopic (exact) mass is 331 g/mol. The van der Waals surface area contributed by atoms with Crippen molar-refractivity contribution in [3.05, 3.63) is 63.1 Å². The number of ether oxygens (including phenoxy) is 1. The third-order valence-electron chi connectivity index (χ3n) is 2.70. The smallest absolute Gasteiger partial charge is 0.341 e. The van der Waals surface area contributed by atoms with E-state index in [1.807, 2.05) is 0 Å². The van der Waals surface area contributed by atoms with Crippen molar-refractivity contribution in [2.75, 3.05) is 5.73 Å². The summed E-state index contributed by atoms with van der Waals surface area (Å²) >= 11 is 11.7. The van der Waals surface area contributed by atoms with E-state index in [2.05, 4.69) is 0 Å². The number of nitrogen functional groups attached to an aromatic ring is 1. The topological polar surface area (TPSA) is 52.3 Å². The molecular formula is C14H9Cl2F2NO2. The lowest BCUT2D eigenvalue weighted by Gasteiger charge is -2.08. The predicted octanol–water partition coefficient (Wildman–Crippen LogP) is 4.21. The standard InChI is InChI=1S/C14H9Cl2F2NO2/c15-9-3-1-2-7(13(9)16)6-21-14(20)8-4-11(18)12(19)5-10(8)17/h1-5H,6,19H2. The van der Waals surface area contributed by atoms with Crippen molar-refractivity contribution < 1.29 is 18.3 Å². The van der Waals surface area contributed by atoms with Gasteiger partial charge < -0.3 is 10.5 Å². The number of anilines is 1. The molecule has 0 saturated heterocycles. The number of rotatable bonds is 3. The highest BCUT2D eigenvalue weighted by Gasteiger charge is 2.17. The quantitative estimate of drug-likeness (QED) is 0.677. The molecule has 0 spiro atoms. The molecule has 110 valence electrons. The van der Waals surface area contributed by atoms with Crippen molar-refractivity contribution in [1.29, 1.82) is 0 Å². The van der Waals surface area contributed by atoms with Gasteiger partial charge in [-0.2, -0.15) is 0 Å². The summed E-state index contributed by atoms with van der Waals surface area (Å²) in [7, 11) is 0. The van der Waals surface area contributed by atoms with E-state index in [0.29, 0.717) is 16.7 Å². The zero-order chi connectivity index (χ0) is 15.6. The molecule has 2 rings (SSSR count). The second-order valence-corrected chi connectivity index (χ2v) is 4.93. The fourth-order valence-corrected chi connectivity index (χ4v) is 1.97.